The predicted octanol–water partition coefficient (Wildman–Crippen LogP) is 2.76. The Bertz CT molecular complexity index is 595. The Morgan fingerprint density at radius 3 is 2.59 bits per heavy atom. The summed E-state index contributed by atoms with van der Waals surface area (Å²) in [6, 6.07) is 10.6. The van der Waals surface area contributed by atoms with Crippen molar-refractivity contribution in [2.75, 3.05) is 40.4 Å². The number of ether oxygens (including phenoxy) is 2. The molecule has 1 atom stereocenters. The first-order chi connectivity index (χ1) is 10.8. The SMILES string of the molecule is COc1ccc(OC)c([C@@H](c2cccs2)N2CCNCC2)c1. The molecule has 0 saturated carbocycles. The van der Waals surface area contributed by atoms with E-state index in [0.29, 0.717) is 0 Å². The van der Waals surface area contributed by atoms with Crippen LogP contribution in [0.5, 0.6) is 11.5 Å². The summed E-state index contributed by atoms with van der Waals surface area (Å²) in [4.78, 5) is 3.85. The summed E-state index contributed by atoms with van der Waals surface area (Å²) in [6.07, 6.45) is 0. The van der Waals surface area contributed by atoms with Crippen LogP contribution in [0.15, 0.2) is 35.7 Å². The number of piperazine rings is 1. The Hall–Kier alpha value is -1.56. The molecule has 4 nitrogen and oxygen atoms in total. The van der Waals surface area contributed by atoms with Crippen molar-refractivity contribution in [1.82, 2.24) is 10.2 Å². The monoisotopic (exact) mass is 318 g/mol. The van der Waals surface area contributed by atoms with E-state index in [1.54, 1.807) is 25.6 Å². The molecule has 0 aliphatic carbocycles. The van der Waals surface area contributed by atoms with Crippen LogP contribution in [0.4, 0.5) is 0 Å². The van der Waals surface area contributed by atoms with Crippen LogP contribution < -0.4 is 14.8 Å². The van der Waals surface area contributed by atoms with E-state index in [2.05, 4.69) is 33.8 Å². The molecule has 5 heteroatoms. The van der Waals surface area contributed by atoms with Crippen molar-refractivity contribution in [2.45, 2.75) is 6.04 Å². The van der Waals surface area contributed by atoms with E-state index in [0.717, 1.165) is 37.7 Å². The highest BCUT2D eigenvalue weighted by molar-refractivity contribution is 7.10. The van der Waals surface area contributed by atoms with Gasteiger partial charge in [0.25, 0.3) is 0 Å². The number of benzene rings is 1. The summed E-state index contributed by atoms with van der Waals surface area (Å²) < 4.78 is 11.0. The van der Waals surface area contributed by atoms with Crippen molar-refractivity contribution in [1.29, 1.82) is 0 Å². The third-order valence-electron chi connectivity index (χ3n) is 4.06. The Morgan fingerprint density at radius 2 is 1.95 bits per heavy atom. The number of nitrogens with one attached hydrogen (secondary N) is 1. The minimum atomic E-state index is 0.215. The summed E-state index contributed by atoms with van der Waals surface area (Å²) >= 11 is 1.79. The van der Waals surface area contributed by atoms with Crippen LogP contribution in [-0.4, -0.2) is 45.3 Å². The Morgan fingerprint density at radius 1 is 1.14 bits per heavy atom. The van der Waals surface area contributed by atoms with Crippen molar-refractivity contribution in [3.63, 3.8) is 0 Å². The molecule has 1 aromatic carbocycles. The lowest BCUT2D eigenvalue weighted by Crippen LogP contribution is -2.45. The van der Waals surface area contributed by atoms with Crippen LogP contribution >= 0.6 is 11.3 Å². The largest absolute Gasteiger partial charge is 0.497 e. The Kier molecular flexibility index (Phi) is 4.97. The zero-order valence-corrected chi connectivity index (χ0v) is 13.9. The van der Waals surface area contributed by atoms with Crippen LogP contribution in [0.3, 0.4) is 0 Å². The smallest absolute Gasteiger partial charge is 0.124 e. The van der Waals surface area contributed by atoms with Crippen molar-refractivity contribution < 1.29 is 9.47 Å². The lowest BCUT2D eigenvalue weighted by atomic mass is 10.0. The molecule has 3 rings (SSSR count). The van der Waals surface area contributed by atoms with Gasteiger partial charge in [0.1, 0.15) is 11.5 Å². The first-order valence-corrected chi connectivity index (χ1v) is 8.41. The van der Waals surface area contributed by atoms with E-state index >= 15 is 0 Å². The molecular formula is C17H22N2O2S. The van der Waals surface area contributed by atoms with Gasteiger partial charge in [-0.3, -0.25) is 4.90 Å². The first-order valence-electron chi connectivity index (χ1n) is 7.53. The topological polar surface area (TPSA) is 33.7 Å². The molecule has 2 aromatic rings. The normalized spacial score (nSPS) is 17.2. The van der Waals surface area contributed by atoms with Crippen LogP contribution in [0.25, 0.3) is 0 Å². The van der Waals surface area contributed by atoms with Crippen LogP contribution in [0.2, 0.25) is 0 Å². The molecule has 1 aliphatic rings. The minimum absolute atomic E-state index is 0.215. The first kappa shape index (κ1) is 15.3. The lowest BCUT2D eigenvalue weighted by Gasteiger charge is -2.35. The molecule has 1 aromatic heterocycles. The number of thiophene rings is 1. The molecule has 1 saturated heterocycles. The van der Waals surface area contributed by atoms with E-state index in [-0.39, 0.29) is 6.04 Å². The molecule has 0 spiro atoms. The van der Waals surface area contributed by atoms with Gasteiger partial charge in [0.05, 0.1) is 20.3 Å². The number of hydrogen-bond donors (Lipinski definition) is 1. The van der Waals surface area contributed by atoms with Crippen LogP contribution in [-0.2, 0) is 0 Å². The maximum absolute atomic E-state index is 5.62. The average Bonchev–Trinajstić information content (AvgIpc) is 3.10. The summed E-state index contributed by atoms with van der Waals surface area (Å²) in [5, 5.41) is 5.56. The van der Waals surface area contributed by atoms with E-state index in [9.17, 15) is 0 Å². The van der Waals surface area contributed by atoms with Crippen molar-refractivity contribution in [3.8, 4) is 11.5 Å². The molecule has 0 bridgehead atoms. The second-order valence-corrected chi connectivity index (χ2v) is 6.29. The maximum atomic E-state index is 5.62. The third-order valence-corrected chi connectivity index (χ3v) is 4.99. The van der Waals surface area contributed by atoms with E-state index in [1.165, 1.54) is 10.4 Å². The van der Waals surface area contributed by atoms with Gasteiger partial charge in [-0.15, -0.1) is 11.3 Å². The van der Waals surface area contributed by atoms with E-state index in [1.807, 2.05) is 12.1 Å². The van der Waals surface area contributed by atoms with Gasteiger partial charge in [0.15, 0.2) is 0 Å². The maximum Gasteiger partial charge on any atom is 0.124 e. The molecule has 0 unspecified atom stereocenters. The molecule has 0 radical (unpaired) electrons. The van der Waals surface area contributed by atoms with Gasteiger partial charge in [0.2, 0.25) is 0 Å². The predicted molar refractivity (Wildman–Crippen MR) is 90.2 cm³/mol. The summed E-state index contributed by atoms with van der Waals surface area (Å²) in [7, 11) is 3.44. The van der Waals surface area contributed by atoms with Crippen LogP contribution in [0.1, 0.15) is 16.5 Å². The molecule has 22 heavy (non-hydrogen) atoms. The fraction of sp³-hybridized carbons (Fsp3) is 0.412. The lowest BCUT2D eigenvalue weighted by molar-refractivity contribution is 0.197. The molecule has 118 valence electrons. The number of nitrogens with zero attached hydrogens (tertiary/aromatic N) is 1. The zero-order chi connectivity index (χ0) is 15.4. The molecule has 2 heterocycles. The molecule has 1 N–H and O–H groups in total. The summed E-state index contributed by atoms with van der Waals surface area (Å²) in [6.45, 7) is 4.11. The Balaban J connectivity index is 2.04. The number of hydrogen-bond acceptors (Lipinski definition) is 5. The zero-order valence-electron chi connectivity index (χ0n) is 13.0. The number of methoxy groups -OCH3 is 2. The van der Waals surface area contributed by atoms with Crippen molar-refractivity contribution >= 4 is 11.3 Å². The van der Waals surface area contributed by atoms with Gasteiger partial charge < -0.3 is 14.8 Å². The minimum Gasteiger partial charge on any atom is -0.497 e. The van der Waals surface area contributed by atoms with Gasteiger partial charge in [0, 0.05) is 36.6 Å². The van der Waals surface area contributed by atoms with Gasteiger partial charge >= 0.3 is 0 Å². The average molecular weight is 318 g/mol. The standard InChI is InChI=1S/C17H22N2O2S/c1-20-13-5-6-15(21-2)14(12-13)17(16-4-3-11-22-16)19-9-7-18-8-10-19/h3-6,11-12,17-18H,7-10H2,1-2H3/t17-/m0/s1. The van der Waals surface area contributed by atoms with Crippen LogP contribution in [0, 0.1) is 0 Å². The van der Waals surface area contributed by atoms with Gasteiger partial charge in [-0.1, -0.05) is 6.07 Å². The summed E-state index contributed by atoms with van der Waals surface area (Å²) in [5.74, 6) is 1.78. The third kappa shape index (κ3) is 3.11. The van der Waals surface area contributed by atoms with Gasteiger partial charge in [-0.25, -0.2) is 0 Å². The highest BCUT2D eigenvalue weighted by Crippen LogP contribution is 2.38. The van der Waals surface area contributed by atoms with Crippen molar-refractivity contribution in [3.05, 3.63) is 46.2 Å². The molecular weight excluding hydrogens is 296 g/mol. The highest BCUT2D eigenvalue weighted by atomic mass is 32.1. The highest BCUT2D eigenvalue weighted by Gasteiger charge is 2.27. The fourth-order valence-corrected chi connectivity index (χ4v) is 3.85. The van der Waals surface area contributed by atoms with E-state index < -0.39 is 0 Å². The second-order valence-electron chi connectivity index (χ2n) is 5.31. The molecule has 1 fully saturated rings. The van der Waals surface area contributed by atoms with Gasteiger partial charge in [-0.2, -0.15) is 0 Å². The van der Waals surface area contributed by atoms with E-state index in [4.69, 9.17) is 9.47 Å². The molecule has 0 amide bonds. The quantitative estimate of drug-likeness (QED) is 0.919. The Labute approximate surface area is 135 Å². The van der Waals surface area contributed by atoms with Gasteiger partial charge in [-0.05, 0) is 29.6 Å². The summed E-state index contributed by atoms with van der Waals surface area (Å²) in [5.41, 5.74) is 1.17. The molecule has 1 aliphatic heterocycles. The van der Waals surface area contributed by atoms with Crippen molar-refractivity contribution in [2.24, 2.45) is 0 Å². The fourth-order valence-electron chi connectivity index (χ4n) is 2.97. The number of rotatable bonds is 5. The second kappa shape index (κ2) is 7.13.